The molecule has 0 bridgehead atoms. The van der Waals surface area contributed by atoms with Gasteiger partial charge >= 0.3 is 12.2 Å². The van der Waals surface area contributed by atoms with Gasteiger partial charge in [0.05, 0.1) is 10.9 Å². The number of fused-ring (bicyclic) bond motifs is 1. The molecule has 1 aromatic carbocycles. The van der Waals surface area contributed by atoms with E-state index < -0.39 is 23.7 Å². The molecule has 0 unspecified atom stereocenters. The number of imide groups is 1. The van der Waals surface area contributed by atoms with Crippen molar-refractivity contribution in [3.8, 4) is 5.88 Å². The largest absolute Gasteiger partial charge is 0.474 e. The summed E-state index contributed by atoms with van der Waals surface area (Å²) in [6.45, 7) is -0.275. The Balaban J connectivity index is 1.25. The average Bonchev–Trinajstić information content (AvgIpc) is 3.39. The first-order chi connectivity index (χ1) is 15.8. The molecule has 2 aliphatic rings. The van der Waals surface area contributed by atoms with E-state index in [1.807, 2.05) is 6.07 Å². The standard InChI is InChI=1S/C22H20F3N5O3/c23-22(24,25)13-2-1-3-15(10-13)29-11-18(31)30(21(29)32)14-4-6-16(7-5-14)33-20-17-8-9-26-19(17)27-12-28-20/h1-3,8-10,12,14,16H,4-7,11H2,(H,26,27,28)/t14-,16-. The zero-order valence-electron chi connectivity index (χ0n) is 17.4. The van der Waals surface area contributed by atoms with Crippen molar-refractivity contribution in [1.29, 1.82) is 0 Å². The molecule has 0 spiro atoms. The molecule has 0 radical (unpaired) electrons. The second-order valence-corrected chi connectivity index (χ2v) is 8.15. The number of halogens is 3. The Labute approximate surface area is 186 Å². The van der Waals surface area contributed by atoms with E-state index in [-0.39, 0.29) is 24.4 Å². The number of anilines is 1. The SMILES string of the molecule is O=C1CN(c2cccc(C(F)(F)F)c2)C(=O)N1[C@H]1CC[C@H](Oc2ncnc3[nH]ccc23)CC1. The average molecular weight is 459 g/mol. The minimum Gasteiger partial charge on any atom is -0.474 e. The topological polar surface area (TPSA) is 91.4 Å². The number of carbonyl (C=O) groups is 2. The van der Waals surface area contributed by atoms with Crippen LogP contribution in [0.2, 0.25) is 0 Å². The van der Waals surface area contributed by atoms with Crippen molar-refractivity contribution >= 4 is 28.7 Å². The fourth-order valence-electron chi connectivity index (χ4n) is 4.45. The number of nitrogens with zero attached hydrogens (tertiary/aromatic N) is 4. The molecule has 3 heterocycles. The summed E-state index contributed by atoms with van der Waals surface area (Å²) in [6, 6.07) is 5.38. The summed E-state index contributed by atoms with van der Waals surface area (Å²) in [7, 11) is 0. The Morgan fingerprint density at radius 3 is 2.61 bits per heavy atom. The molecule has 2 aromatic heterocycles. The van der Waals surface area contributed by atoms with Gasteiger partial charge in [-0.05, 0) is 49.9 Å². The van der Waals surface area contributed by atoms with Crippen molar-refractivity contribution in [3.63, 3.8) is 0 Å². The number of hydrogen-bond donors (Lipinski definition) is 1. The van der Waals surface area contributed by atoms with E-state index in [0.717, 1.165) is 22.4 Å². The minimum absolute atomic E-state index is 0.0574. The van der Waals surface area contributed by atoms with Gasteiger partial charge in [0, 0.05) is 17.9 Å². The molecule has 8 nitrogen and oxygen atoms in total. The predicted octanol–water partition coefficient (Wildman–Crippen LogP) is 4.14. The number of hydrogen-bond acceptors (Lipinski definition) is 5. The Hall–Kier alpha value is -3.63. The third-order valence-corrected chi connectivity index (χ3v) is 6.09. The molecule has 2 fully saturated rings. The van der Waals surface area contributed by atoms with Crippen molar-refractivity contribution in [2.24, 2.45) is 0 Å². The lowest BCUT2D eigenvalue weighted by Gasteiger charge is -2.33. The summed E-state index contributed by atoms with van der Waals surface area (Å²) in [5.74, 6) is 0.0698. The van der Waals surface area contributed by atoms with Crippen LogP contribution in [0.5, 0.6) is 5.88 Å². The van der Waals surface area contributed by atoms with Crippen molar-refractivity contribution < 1.29 is 27.5 Å². The van der Waals surface area contributed by atoms with Crippen LogP contribution in [0.1, 0.15) is 31.2 Å². The van der Waals surface area contributed by atoms with E-state index in [4.69, 9.17) is 4.74 Å². The quantitative estimate of drug-likeness (QED) is 0.593. The zero-order valence-corrected chi connectivity index (χ0v) is 17.4. The molecule has 11 heteroatoms. The van der Waals surface area contributed by atoms with Crippen LogP contribution in [-0.2, 0) is 11.0 Å². The van der Waals surface area contributed by atoms with E-state index in [9.17, 15) is 22.8 Å². The number of rotatable bonds is 4. The smallest absolute Gasteiger partial charge is 0.416 e. The number of H-pyrrole nitrogens is 1. The number of urea groups is 1. The van der Waals surface area contributed by atoms with Crippen LogP contribution in [0.3, 0.4) is 0 Å². The van der Waals surface area contributed by atoms with E-state index >= 15 is 0 Å². The summed E-state index contributed by atoms with van der Waals surface area (Å²) >= 11 is 0. The van der Waals surface area contributed by atoms with Gasteiger partial charge in [-0.3, -0.25) is 14.6 Å². The maximum absolute atomic E-state index is 13.1. The van der Waals surface area contributed by atoms with Gasteiger partial charge in [0.1, 0.15) is 24.6 Å². The first kappa shape index (κ1) is 21.2. The summed E-state index contributed by atoms with van der Waals surface area (Å²) in [6.07, 6.45) is 0.827. The number of ether oxygens (including phenoxy) is 1. The van der Waals surface area contributed by atoms with Crippen LogP contribution in [0.25, 0.3) is 11.0 Å². The van der Waals surface area contributed by atoms with E-state index in [2.05, 4.69) is 15.0 Å². The van der Waals surface area contributed by atoms with Gasteiger partial charge in [0.2, 0.25) is 5.88 Å². The molecular formula is C22H20F3N5O3. The lowest BCUT2D eigenvalue weighted by atomic mass is 9.92. The highest BCUT2D eigenvalue weighted by Gasteiger charge is 2.43. The van der Waals surface area contributed by atoms with Gasteiger partial charge in [0.15, 0.2) is 0 Å². The number of amides is 3. The molecule has 1 aliphatic heterocycles. The Morgan fingerprint density at radius 1 is 1.06 bits per heavy atom. The maximum Gasteiger partial charge on any atom is 0.416 e. The number of nitrogens with one attached hydrogen (secondary N) is 1. The molecular weight excluding hydrogens is 439 g/mol. The number of benzene rings is 1. The number of alkyl halides is 3. The van der Waals surface area contributed by atoms with Crippen LogP contribution in [-0.4, -0.2) is 50.5 Å². The second kappa shape index (κ2) is 8.05. The fourth-order valence-corrected chi connectivity index (χ4v) is 4.45. The molecule has 1 N–H and O–H groups in total. The molecule has 1 aliphatic carbocycles. The van der Waals surface area contributed by atoms with Crippen molar-refractivity contribution in [2.45, 2.75) is 44.0 Å². The van der Waals surface area contributed by atoms with E-state index in [1.54, 1.807) is 6.20 Å². The van der Waals surface area contributed by atoms with Gasteiger partial charge in [-0.25, -0.2) is 14.8 Å². The highest BCUT2D eigenvalue weighted by Crippen LogP contribution is 2.35. The molecule has 1 saturated heterocycles. The zero-order chi connectivity index (χ0) is 23.2. The molecule has 172 valence electrons. The normalized spacial score (nSPS) is 21.8. The first-order valence-electron chi connectivity index (χ1n) is 10.6. The van der Waals surface area contributed by atoms with Crippen LogP contribution >= 0.6 is 0 Å². The summed E-state index contributed by atoms with van der Waals surface area (Å²) in [5.41, 5.74) is -0.129. The van der Waals surface area contributed by atoms with Crippen LogP contribution in [0, 0.1) is 0 Å². The lowest BCUT2D eigenvalue weighted by molar-refractivity contribution is -0.137. The lowest BCUT2D eigenvalue weighted by Crippen LogP contribution is -2.44. The Morgan fingerprint density at radius 2 is 1.85 bits per heavy atom. The molecule has 0 atom stereocenters. The summed E-state index contributed by atoms with van der Waals surface area (Å²) in [5, 5.41) is 0.779. The minimum atomic E-state index is -4.53. The summed E-state index contributed by atoms with van der Waals surface area (Å²) < 4.78 is 45.2. The van der Waals surface area contributed by atoms with Crippen LogP contribution in [0.15, 0.2) is 42.9 Å². The van der Waals surface area contributed by atoms with Gasteiger partial charge < -0.3 is 9.72 Å². The van der Waals surface area contributed by atoms with Crippen molar-refractivity contribution in [2.75, 3.05) is 11.4 Å². The monoisotopic (exact) mass is 459 g/mol. The maximum atomic E-state index is 13.1. The van der Waals surface area contributed by atoms with Crippen molar-refractivity contribution in [3.05, 3.63) is 48.4 Å². The molecule has 5 rings (SSSR count). The first-order valence-corrected chi connectivity index (χ1v) is 10.6. The highest BCUT2D eigenvalue weighted by atomic mass is 19.4. The number of carbonyl (C=O) groups excluding carboxylic acids is 2. The van der Waals surface area contributed by atoms with E-state index in [1.165, 1.54) is 23.4 Å². The van der Waals surface area contributed by atoms with Crippen LogP contribution < -0.4 is 9.64 Å². The van der Waals surface area contributed by atoms with E-state index in [0.29, 0.717) is 37.2 Å². The third-order valence-electron chi connectivity index (χ3n) is 6.09. The molecule has 1 saturated carbocycles. The molecule has 33 heavy (non-hydrogen) atoms. The number of aromatic nitrogens is 3. The molecule has 3 amide bonds. The Kier molecular flexibility index (Phi) is 5.18. The van der Waals surface area contributed by atoms with Gasteiger partial charge in [0.25, 0.3) is 5.91 Å². The van der Waals surface area contributed by atoms with Gasteiger partial charge in [-0.15, -0.1) is 0 Å². The van der Waals surface area contributed by atoms with Crippen LogP contribution in [0.4, 0.5) is 23.7 Å². The van der Waals surface area contributed by atoms with Crippen molar-refractivity contribution in [1.82, 2.24) is 19.9 Å². The van der Waals surface area contributed by atoms with Gasteiger partial charge in [-0.1, -0.05) is 6.07 Å². The summed E-state index contributed by atoms with van der Waals surface area (Å²) in [4.78, 5) is 39.2. The predicted molar refractivity (Wildman–Crippen MR) is 112 cm³/mol. The Bertz CT molecular complexity index is 1200. The second-order valence-electron chi connectivity index (χ2n) is 8.15. The fraction of sp³-hybridized carbons (Fsp3) is 0.364. The van der Waals surface area contributed by atoms with Gasteiger partial charge in [-0.2, -0.15) is 13.2 Å². The molecule has 3 aromatic rings. The third kappa shape index (κ3) is 3.98. The highest BCUT2D eigenvalue weighted by molar-refractivity contribution is 6.12. The number of aromatic amines is 1.